The Bertz CT molecular complexity index is 3970. The largest absolute Gasteiger partial charge is 2.00 e. The molecule has 0 saturated carbocycles. The summed E-state index contributed by atoms with van der Waals surface area (Å²) in [4.78, 5) is 51.1. The minimum atomic E-state index is -10.7. The van der Waals surface area contributed by atoms with Gasteiger partial charge >= 0.3 is 83.0 Å². The molecule has 27 heteroatoms. The van der Waals surface area contributed by atoms with Crippen molar-refractivity contribution in [3.63, 3.8) is 0 Å². The summed E-state index contributed by atoms with van der Waals surface area (Å²) < 4.78 is 118. The van der Waals surface area contributed by atoms with E-state index in [-0.39, 0.29) is 17.1 Å². The van der Waals surface area contributed by atoms with Crippen LogP contribution in [0.5, 0.6) is 0 Å². The first-order valence-corrected chi connectivity index (χ1v) is 32.9. The van der Waals surface area contributed by atoms with Crippen LogP contribution in [0.1, 0.15) is 66.8 Å². The maximum absolute atomic E-state index is 10.7. The minimum absolute atomic E-state index is 0. The van der Waals surface area contributed by atoms with Crippen molar-refractivity contribution in [2.75, 3.05) is 0 Å². The number of halogens is 12. The zero-order chi connectivity index (χ0) is 69.9. The van der Waals surface area contributed by atoms with Crippen LogP contribution in [0.3, 0.4) is 0 Å². The molecule has 0 fully saturated rings. The molecule has 0 aliphatic rings. The summed E-state index contributed by atoms with van der Waals surface area (Å²) >= 11 is 0. The first kappa shape index (κ1) is 75.2. The zero-order valence-corrected chi connectivity index (χ0v) is 54.2. The molecule has 0 aliphatic carbocycles. The standard InChI is InChI=1S/3C24H18N4.2F6P.Fe/c3*1(19-5-11-25-12-6-19)3-21-9-15-27-23(17-21)24-18-22(10-16-28-24)4-2-20-7-13-26-14-8-20;2*1-7(2,3,4,5)6;/h3*1-18H;;;/q;;;2*-1;+2. The number of pyridine rings is 12. The Kier molecular flexibility index (Phi) is 25.2. The van der Waals surface area contributed by atoms with E-state index in [2.05, 4.69) is 133 Å². The van der Waals surface area contributed by atoms with Crippen LogP contribution < -0.4 is 0 Å². The van der Waals surface area contributed by atoms with E-state index in [0.717, 1.165) is 101 Å². The summed E-state index contributed by atoms with van der Waals surface area (Å²) in [6, 6.07) is 47.8. The van der Waals surface area contributed by atoms with Gasteiger partial charge in [0, 0.05) is 112 Å². The molecule has 0 aromatic carbocycles. The molecule has 0 aliphatic heterocycles. The van der Waals surface area contributed by atoms with E-state index in [9.17, 15) is 50.4 Å². The number of hydrogen-bond donors (Lipinski definition) is 0. The van der Waals surface area contributed by atoms with Gasteiger partial charge in [-0.15, -0.1) is 0 Å². The minimum Gasteiger partial charge on any atom is 2.00 e. The molecule has 0 saturated heterocycles. The molecular weight excluding hydrogens is 1380 g/mol. The molecule has 12 heterocycles. The van der Waals surface area contributed by atoms with Crippen LogP contribution in [0, 0.1) is 0 Å². The third kappa shape index (κ3) is 32.4. The van der Waals surface area contributed by atoms with Crippen molar-refractivity contribution in [1.82, 2.24) is 59.8 Å². The molecule has 12 aromatic heterocycles. The van der Waals surface area contributed by atoms with Gasteiger partial charge in [0.1, 0.15) is 0 Å². The second-order valence-corrected chi connectivity index (χ2v) is 24.3. The second-order valence-electron chi connectivity index (χ2n) is 20.4. The summed E-state index contributed by atoms with van der Waals surface area (Å²) in [7, 11) is -21.3. The van der Waals surface area contributed by atoms with Crippen LogP contribution >= 0.6 is 15.6 Å². The van der Waals surface area contributed by atoms with Gasteiger partial charge in [-0.05, 0) is 212 Å². The predicted octanol–water partition coefficient (Wildman–Crippen LogP) is 22.6. The van der Waals surface area contributed by atoms with Crippen molar-refractivity contribution in [2.45, 2.75) is 0 Å². The maximum atomic E-state index is 9.87. The van der Waals surface area contributed by atoms with Crippen LogP contribution in [0.2, 0.25) is 0 Å². The second kappa shape index (κ2) is 33.2. The summed E-state index contributed by atoms with van der Waals surface area (Å²) in [6.45, 7) is 0. The molecule has 0 spiro atoms. The van der Waals surface area contributed by atoms with E-state index in [1.807, 2.05) is 183 Å². The topological polar surface area (TPSA) is 155 Å². The van der Waals surface area contributed by atoms with Gasteiger partial charge in [-0.1, -0.05) is 72.9 Å². The number of hydrogen-bond acceptors (Lipinski definition) is 12. The summed E-state index contributed by atoms with van der Waals surface area (Å²) in [5, 5.41) is 0. The monoisotopic (exact) mass is 1430 g/mol. The number of rotatable bonds is 15. The molecule has 12 nitrogen and oxygen atoms in total. The van der Waals surface area contributed by atoms with E-state index in [0.29, 0.717) is 0 Å². The van der Waals surface area contributed by atoms with Gasteiger partial charge in [0.2, 0.25) is 0 Å². The Morgan fingerprint density at radius 2 is 0.273 bits per heavy atom. The van der Waals surface area contributed by atoms with Gasteiger partial charge in [0.15, 0.2) is 0 Å². The van der Waals surface area contributed by atoms with Crippen molar-refractivity contribution < 1.29 is 67.4 Å². The quantitative estimate of drug-likeness (QED) is 0.0545. The van der Waals surface area contributed by atoms with Gasteiger partial charge in [-0.25, -0.2) is 0 Å². The SMILES string of the molecule is C(=Cc1ccnc(-c2cc(C=Cc3ccncc3)ccn2)c1)c1ccncc1.C(=Cc1ccnc(-c2cc(C=Cc3ccncc3)ccn2)c1)c1ccncc1.C(=Cc1ccnc(-c2cc(C=Cc3ccncc3)ccn2)c1)c1ccncc1.F[P-](F)(F)(F)(F)F.F[P-](F)(F)(F)(F)F.[Fe+2]. The van der Waals surface area contributed by atoms with Gasteiger partial charge in [-0.3, -0.25) is 59.8 Å². The van der Waals surface area contributed by atoms with Crippen LogP contribution in [-0.4, -0.2) is 59.8 Å². The summed E-state index contributed by atoms with van der Waals surface area (Å²) in [6.07, 6.45) is 57.0. The molecule has 0 amide bonds. The number of nitrogens with zero attached hydrogens (tertiary/aromatic N) is 12. The van der Waals surface area contributed by atoms with Crippen molar-refractivity contribution in [3.8, 4) is 34.2 Å². The normalized spacial score (nSPS) is 12.8. The molecule has 0 unspecified atom stereocenters. The summed E-state index contributed by atoms with van der Waals surface area (Å²) in [5.41, 5.74) is 18.1. The van der Waals surface area contributed by atoms with Crippen LogP contribution in [0.4, 0.5) is 50.4 Å². The average Bonchev–Trinajstić information content (AvgIpc) is 0.856. The molecular formula is C72H54F12FeN12P2. The van der Waals surface area contributed by atoms with Gasteiger partial charge < -0.3 is 0 Å². The molecule has 99 heavy (non-hydrogen) atoms. The van der Waals surface area contributed by atoms with Crippen molar-refractivity contribution >= 4 is 88.5 Å². The Labute approximate surface area is 571 Å². The third-order valence-corrected chi connectivity index (χ3v) is 12.5. The molecule has 0 bridgehead atoms. The Hall–Kier alpha value is -11.2. The Balaban J connectivity index is 0.000000189. The first-order chi connectivity index (χ1) is 46.5. The van der Waals surface area contributed by atoms with E-state index in [1.165, 1.54) is 0 Å². The fraction of sp³-hybridized carbons (Fsp3) is 0. The third-order valence-electron chi connectivity index (χ3n) is 12.5. The average molecular weight is 1430 g/mol. The fourth-order valence-corrected chi connectivity index (χ4v) is 8.15. The van der Waals surface area contributed by atoms with Crippen molar-refractivity contribution in [1.29, 1.82) is 0 Å². The first-order valence-electron chi connectivity index (χ1n) is 28.9. The molecule has 504 valence electrons. The predicted molar refractivity (Wildman–Crippen MR) is 369 cm³/mol. The fourth-order valence-electron chi connectivity index (χ4n) is 8.15. The molecule has 0 atom stereocenters. The Morgan fingerprint density at radius 3 is 0.394 bits per heavy atom. The summed E-state index contributed by atoms with van der Waals surface area (Å²) in [5.74, 6) is 0. The maximum Gasteiger partial charge on any atom is 2.00 e. The Morgan fingerprint density at radius 1 is 0.172 bits per heavy atom. The smallest absolute Gasteiger partial charge is 2.00 e. The van der Waals surface area contributed by atoms with E-state index < -0.39 is 15.6 Å². The van der Waals surface area contributed by atoms with Crippen molar-refractivity contribution in [3.05, 3.63) is 324 Å². The van der Waals surface area contributed by atoms with Gasteiger partial charge in [0.25, 0.3) is 0 Å². The molecule has 12 rings (SSSR count). The van der Waals surface area contributed by atoms with E-state index in [4.69, 9.17) is 0 Å². The zero-order valence-electron chi connectivity index (χ0n) is 51.3. The van der Waals surface area contributed by atoms with Crippen LogP contribution in [0.25, 0.3) is 107 Å². The van der Waals surface area contributed by atoms with Gasteiger partial charge in [0.05, 0.1) is 34.2 Å². The van der Waals surface area contributed by atoms with E-state index >= 15 is 0 Å². The molecule has 0 radical (unpaired) electrons. The van der Waals surface area contributed by atoms with Gasteiger partial charge in [-0.2, -0.15) is 0 Å². The van der Waals surface area contributed by atoms with E-state index in [1.54, 1.807) is 74.4 Å². The van der Waals surface area contributed by atoms with Crippen molar-refractivity contribution in [2.24, 2.45) is 0 Å². The number of aromatic nitrogens is 12. The van der Waals surface area contributed by atoms with Crippen LogP contribution in [0.15, 0.2) is 257 Å². The molecule has 12 aromatic rings. The molecule has 0 N–H and O–H groups in total. The van der Waals surface area contributed by atoms with Crippen LogP contribution in [-0.2, 0) is 17.1 Å².